The number of hydrogen-bond donors (Lipinski definition) is 1. The molecule has 10 atom stereocenters. The first-order valence-electron chi connectivity index (χ1n) is 17.3. The minimum Gasteiger partial charge on any atom is -0.468 e. The number of rotatable bonds is 15. The van der Waals surface area contributed by atoms with Gasteiger partial charge in [0.25, 0.3) is 0 Å². The van der Waals surface area contributed by atoms with Crippen molar-refractivity contribution in [3.8, 4) is 11.5 Å². The Kier molecular flexibility index (Phi) is 16.0. The highest BCUT2D eigenvalue weighted by atomic mass is 16.7. The molecule has 0 unspecified atom stereocenters. The van der Waals surface area contributed by atoms with Crippen LogP contribution in [-0.4, -0.2) is 112 Å². The molecule has 0 aromatic heterocycles. The Morgan fingerprint density at radius 3 is 1.74 bits per heavy atom. The molecule has 2 aliphatic heterocycles. The molecule has 18 nitrogen and oxygen atoms in total. The van der Waals surface area contributed by atoms with Crippen molar-refractivity contribution in [1.29, 1.82) is 0 Å². The zero-order valence-corrected chi connectivity index (χ0v) is 31.8. The molecule has 1 aromatic rings. The summed E-state index contributed by atoms with van der Waals surface area (Å²) in [4.78, 5) is 84.2. The van der Waals surface area contributed by atoms with E-state index in [1.165, 1.54) is 46.9 Å². The predicted molar refractivity (Wildman–Crippen MR) is 181 cm³/mol. The summed E-state index contributed by atoms with van der Waals surface area (Å²) in [6.07, 6.45) is -7.82. The van der Waals surface area contributed by atoms with Crippen molar-refractivity contribution in [2.24, 2.45) is 17.8 Å². The van der Waals surface area contributed by atoms with Crippen LogP contribution in [0.4, 0.5) is 0 Å². The van der Waals surface area contributed by atoms with Gasteiger partial charge in [-0.2, -0.15) is 0 Å². The largest absolute Gasteiger partial charge is 0.468 e. The van der Waals surface area contributed by atoms with E-state index in [-0.39, 0.29) is 49.5 Å². The maximum Gasteiger partial charge on any atom is 0.325 e. The van der Waals surface area contributed by atoms with Gasteiger partial charge in [0.05, 0.1) is 25.6 Å². The summed E-state index contributed by atoms with van der Waals surface area (Å²) in [7, 11) is 1.19. The fourth-order valence-corrected chi connectivity index (χ4v) is 5.90. The Balaban J connectivity index is 2.06. The van der Waals surface area contributed by atoms with Crippen LogP contribution >= 0.6 is 0 Å². The smallest absolute Gasteiger partial charge is 0.325 e. The summed E-state index contributed by atoms with van der Waals surface area (Å²) >= 11 is 0. The maximum atomic E-state index is 12.7. The van der Waals surface area contributed by atoms with Crippen molar-refractivity contribution < 1.29 is 80.9 Å². The van der Waals surface area contributed by atoms with Gasteiger partial charge in [0, 0.05) is 40.5 Å². The minimum atomic E-state index is -1.28. The van der Waals surface area contributed by atoms with Gasteiger partial charge in [-0.15, -0.1) is 0 Å². The third-order valence-electron chi connectivity index (χ3n) is 8.78. The normalized spacial score (nSPS) is 27.6. The lowest BCUT2D eigenvalue weighted by Crippen LogP contribution is -2.59. The molecular formula is C36H49NO17. The number of nitrogens with one attached hydrogen (secondary N) is 1. The summed E-state index contributed by atoms with van der Waals surface area (Å²) < 4.78 is 56.8. The zero-order chi connectivity index (χ0) is 40.3. The van der Waals surface area contributed by atoms with Crippen LogP contribution in [0.25, 0.3) is 0 Å². The molecule has 1 amide bonds. The van der Waals surface area contributed by atoms with Gasteiger partial charge < -0.3 is 52.7 Å². The molecular weight excluding hydrogens is 718 g/mol. The summed E-state index contributed by atoms with van der Waals surface area (Å²) in [5, 5.41) is 2.46. The van der Waals surface area contributed by atoms with Crippen molar-refractivity contribution in [1.82, 2.24) is 5.32 Å². The monoisotopic (exact) mass is 767 g/mol. The van der Waals surface area contributed by atoms with Gasteiger partial charge in [0.1, 0.15) is 32.0 Å². The van der Waals surface area contributed by atoms with Gasteiger partial charge in [0.15, 0.2) is 23.7 Å². The van der Waals surface area contributed by atoms with Gasteiger partial charge in [0.2, 0.25) is 18.5 Å². The van der Waals surface area contributed by atoms with Gasteiger partial charge in [-0.3, -0.25) is 33.6 Å². The van der Waals surface area contributed by atoms with E-state index in [1.807, 2.05) is 13.8 Å². The molecule has 1 aromatic carbocycles. The van der Waals surface area contributed by atoms with Crippen LogP contribution in [0.3, 0.4) is 0 Å². The number of esters is 6. The molecule has 2 aliphatic rings. The standard InChI is InChI=1S/C36H49NO17/c1-17-18(2)33(49-23(7)41)36(53-28(17)15-46-20(4)38)52-27-12-25(13-30(43)37-14-31(44)45-9)10-11-26(27)51-35-19(3)32(48-22(6)40)34(50-24(8)42)29(54-35)16-47-21(5)39/h10-12,17-19,28-29,32-36H,13-16H2,1-9H3,(H,37,43)/t17-,18-,19+,28+,29+,32+,33+,34+,35+,36+/m0/s1. The fraction of sp³-hybridized carbons (Fsp3) is 0.639. The van der Waals surface area contributed by atoms with E-state index >= 15 is 0 Å². The second kappa shape index (κ2) is 19.9. The number of ether oxygens (including phenoxy) is 10. The first kappa shape index (κ1) is 43.4. The quantitative estimate of drug-likeness (QED) is 0.197. The lowest BCUT2D eigenvalue weighted by Gasteiger charge is -2.44. The number of carbonyl (C=O) groups is 7. The van der Waals surface area contributed by atoms with E-state index in [4.69, 9.17) is 42.6 Å². The minimum absolute atomic E-state index is 0.0121. The number of benzene rings is 1. The highest BCUT2D eigenvalue weighted by Gasteiger charge is 2.50. The molecule has 0 radical (unpaired) electrons. The number of carbonyl (C=O) groups excluding carboxylic acids is 7. The maximum absolute atomic E-state index is 12.7. The van der Waals surface area contributed by atoms with E-state index < -0.39 is 90.7 Å². The highest BCUT2D eigenvalue weighted by molar-refractivity contribution is 5.83. The Hall–Kier alpha value is -4.97. The van der Waals surface area contributed by atoms with Crippen molar-refractivity contribution in [3.63, 3.8) is 0 Å². The third kappa shape index (κ3) is 12.6. The zero-order valence-electron chi connectivity index (χ0n) is 31.8. The number of amides is 1. The van der Waals surface area contributed by atoms with E-state index in [1.54, 1.807) is 13.0 Å². The number of methoxy groups -OCH3 is 1. The SMILES string of the molecule is COC(=O)CNC(=O)Cc1ccc(O[C@@H]2O[C@H](COC(C)=O)[C@@H](OC(C)=O)[C@H](OC(C)=O)[C@H]2C)c(O[C@@H]2O[C@H](COC(C)=O)[C@@H](C)[C@H](C)[C@H]2OC(C)=O)c1. The summed E-state index contributed by atoms with van der Waals surface area (Å²) in [6, 6.07) is 4.50. The average Bonchev–Trinajstić information content (AvgIpc) is 3.08. The van der Waals surface area contributed by atoms with Gasteiger partial charge in [-0.25, -0.2) is 0 Å². The van der Waals surface area contributed by atoms with Crippen LogP contribution in [0.1, 0.15) is 61.0 Å². The lowest BCUT2D eigenvalue weighted by atomic mass is 9.83. The summed E-state index contributed by atoms with van der Waals surface area (Å²) in [6.45, 7) is 10.5. The topological polar surface area (TPSA) is 224 Å². The molecule has 54 heavy (non-hydrogen) atoms. The van der Waals surface area contributed by atoms with Crippen molar-refractivity contribution in [3.05, 3.63) is 23.8 Å². The first-order chi connectivity index (χ1) is 25.4. The second-order valence-corrected chi connectivity index (χ2v) is 13.0. The van der Waals surface area contributed by atoms with Gasteiger partial charge >= 0.3 is 35.8 Å². The summed E-state index contributed by atoms with van der Waals surface area (Å²) in [5.74, 6) is -5.75. The molecule has 0 bridgehead atoms. The molecule has 2 saturated heterocycles. The van der Waals surface area contributed by atoms with Gasteiger partial charge in [-0.05, 0) is 23.6 Å². The van der Waals surface area contributed by atoms with Crippen LogP contribution < -0.4 is 14.8 Å². The van der Waals surface area contributed by atoms with Crippen LogP contribution in [0, 0.1) is 17.8 Å². The molecule has 0 aliphatic carbocycles. The van der Waals surface area contributed by atoms with E-state index in [9.17, 15) is 33.6 Å². The number of hydrogen-bond acceptors (Lipinski definition) is 17. The van der Waals surface area contributed by atoms with E-state index in [2.05, 4.69) is 10.1 Å². The molecule has 300 valence electrons. The van der Waals surface area contributed by atoms with E-state index in [0.717, 1.165) is 6.92 Å². The molecule has 18 heteroatoms. The van der Waals surface area contributed by atoms with Crippen molar-refractivity contribution in [2.75, 3.05) is 26.9 Å². The van der Waals surface area contributed by atoms with Gasteiger partial charge in [-0.1, -0.05) is 26.8 Å². The molecule has 3 rings (SSSR count). The van der Waals surface area contributed by atoms with E-state index in [0.29, 0.717) is 5.56 Å². The van der Waals surface area contributed by atoms with Crippen molar-refractivity contribution >= 4 is 41.7 Å². The second-order valence-electron chi connectivity index (χ2n) is 13.0. The molecule has 1 N–H and O–H groups in total. The first-order valence-corrected chi connectivity index (χ1v) is 17.3. The average molecular weight is 768 g/mol. The Morgan fingerprint density at radius 2 is 1.17 bits per heavy atom. The summed E-state index contributed by atoms with van der Waals surface area (Å²) in [5.41, 5.74) is 0.399. The lowest BCUT2D eigenvalue weighted by molar-refractivity contribution is -0.269. The third-order valence-corrected chi connectivity index (χ3v) is 8.78. The molecule has 0 spiro atoms. The Morgan fingerprint density at radius 1 is 0.630 bits per heavy atom. The molecule has 2 heterocycles. The van der Waals surface area contributed by atoms with Crippen LogP contribution in [-0.2, 0) is 77.9 Å². The Bertz CT molecular complexity index is 1530. The highest BCUT2D eigenvalue weighted by Crippen LogP contribution is 2.40. The van der Waals surface area contributed by atoms with Crippen LogP contribution in [0.5, 0.6) is 11.5 Å². The molecule has 2 fully saturated rings. The molecule has 0 saturated carbocycles. The Labute approximate surface area is 312 Å². The fourth-order valence-electron chi connectivity index (χ4n) is 5.90. The van der Waals surface area contributed by atoms with Crippen LogP contribution in [0.2, 0.25) is 0 Å². The predicted octanol–water partition coefficient (Wildman–Crippen LogP) is 1.56. The van der Waals surface area contributed by atoms with Crippen molar-refractivity contribution in [2.45, 2.75) is 105 Å². The van der Waals surface area contributed by atoms with Crippen LogP contribution in [0.15, 0.2) is 18.2 Å².